The van der Waals surface area contributed by atoms with E-state index in [1.165, 1.54) is 37.1 Å². The molecule has 2 fully saturated rings. The van der Waals surface area contributed by atoms with Gasteiger partial charge in [0, 0.05) is 36.4 Å². The lowest BCUT2D eigenvalue weighted by Gasteiger charge is -2.22. The van der Waals surface area contributed by atoms with Gasteiger partial charge in [0.05, 0.1) is 29.9 Å². The highest BCUT2D eigenvalue weighted by Crippen LogP contribution is 2.13. The van der Waals surface area contributed by atoms with Gasteiger partial charge < -0.3 is 25.6 Å². The molecule has 6 rings (SSSR count). The number of carboxylic acid groups (broad SMARTS) is 1. The van der Waals surface area contributed by atoms with Crippen molar-refractivity contribution >= 4 is 11.9 Å². The van der Waals surface area contributed by atoms with Crippen LogP contribution >= 0.6 is 0 Å². The van der Waals surface area contributed by atoms with Crippen molar-refractivity contribution in [2.45, 2.75) is 25.7 Å². The smallest absolute Gasteiger partial charge is 0.335 e. The van der Waals surface area contributed by atoms with Gasteiger partial charge in [-0.3, -0.25) is 4.79 Å². The maximum atomic E-state index is 13.5. The first-order valence-electron chi connectivity index (χ1n) is 16.9. The zero-order valence-corrected chi connectivity index (χ0v) is 28.4. The highest BCUT2D eigenvalue weighted by atomic mass is 19.1. The molecule has 2 aliphatic rings. The van der Waals surface area contributed by atoms with Crippen molar-refractivity contribution in [3.05, 3.63) is 142 Å². The van der Waals surface area contributed by atoms with E-state index >= 15 is 0 Å². The molecule has 4 aromatic rings. The van der Waals surface area contributed by atoms with E-state index in [0.717, 1.165) is 44.8 Å². The summed E-state index contributed by atoms with van der Waals surface area (Å²) < 4.78 is 37.4. The summed E-state index contributed by atoms with van der Waals surface area (Å²) in [4.78, 5) is 22.8. The molecule has 0 aliphatic carbocycles. The van der Waals surface area contributed by atoms with Crippen LogP contribution in [0.15, 0.2) is 97.1 Å². The normalized spacial score (nSPS) is 16.2. The summed E-state index contributed by atoms with van der Waals surface area (Å²) >= 11 is 0. The van der Waals surface area contributed by atoms with Crippen LogP contribution in [0.5, 0.6) is 0 Å². The van der Waals surface area contributed by atoms with Gasteiger partial charge in [-0.1, -0.05) is 47.9 Å². The number of ether oxygens (including phenoxy) is 2. The summed E-state index contributed by atoms with van der Waals surface area (Å²) in [7, 11) is 0. The summed E-state index contributed by atoms with van der Waals surface area (Å²) in [5, 5.41) is 11.7. The van der Waals surface area contributed by atoms with Crippen molar-refractivity contribution in [2.75, 3.05) is 39.5 Å². The predicted molar refractivity (Wildman–Crippen MR) is 193 cm³/mol. The number of hydrogen-bond acceptors (Lipinski definition) is 5. The Morgan fingerprint density at radius 3 is 1.57 bits per heavy atom. The number of nitrogens with one attached hydrogen (secondary N) is 1. The highest BCUT2D eigenvalue weighted by Gasteiger charge is 2.15. The minimum Gasteiger partial charge on any atom is -0.478 e. The average Bonchev–Trinajstić information content (AvgIpc) is 3.18. The molecule has 9 heteroatoms. The second-order valence-corrected chi connectivity index (χ2v) is 12.0. The van der Waals surface area contributed by atoms with Crippen LogP contribution in [0.1, 0.15) is 68.7 Å². The zero-order valence-electron chi connectivity index (χ0n) is 28.4. The lowest BCUT2D eigenvalue weighted by atomic mass is 10.0. The molecule has 264 valence electrons. The van der Waals surface area contributed by atoms with E-state index in [1.54, 1.807) is 72.8 Å². The van der Waals surface area contributed by atoms with Crippen molar-refractivity contribution in [2.24, 2.45) is 17.6 Å². The Bertz CT molecular complexity index is 1830. The topological polar surface area (TPSA) is 111 Å². The molecule has 7 nitrogen and oxygen atoms in total. The number of halogens is 2. The lowest BCUT2D eigenvalue weighted by molar-refractivity contribution is 0.0536. The number of benzene rings is 4. The molecule has 2 unspecified atom stereocenters. The van der Waals surface area contributed by atoms with Crippen LogP contribution in [0.25, 0.3) is 0 Å². The number of carbonyl (C=O) groups is 2. The van der Waals surface area contributed by atoms with E-state index in [-0.39, 0.29) is 23.1 Å². The van der Waals surface area contributed by atoms with Gasteiger partial charge in [0.25, 0.3) is 5.91 Å². The molecule has 0 radical (unpaired) electrons. The molecule has 2 heterocycles. The molecule has 0 aromatic heterocycles. The summed E-state index contributed by atoms with van der Waals surface area (Å²) in [5.74, 6) is 10.5. The van der Waals surface area contributed by atoms with Gasteiger partial charge in [0.1, 0.15) is 11.6 Å². The van der Waals surface area contributed by atoms with Crippen molar-refractivity contribution in [1.29, 1.82) is 0 Å². The predicted octanol–water partition coefficient (Wildman–Crippen LogP) is 6.68. The number of carbonyl (C=O) groups excluding carboxylic acids is 1. The van der Waals surface area contributed by atoms with Crippen LogP contribution in [0.3, 0.4) is 0 Å². The third-order valence-corrected chi connectivity index (χ3v) is 8.10. The monoisotopic (exact) mass is 692 g/mol. The minimum atomic E-state index is -0.983. The van der Waals surface area contributed by atoms with Gasteiger partial charge in [-0.05, 0) is 117 Å². The fourth-order valence-electron chi connectivity index (χ4n) is 5.11. The van der Waals surface area contributed by atoms with Crippen LogP contribution in [0.2, 0.25) is 0 Å². The Morgan fingerprint density at radius 2 is 1.16 bits per heavy atom. The Morgan fingerprint density at radius 1 is 0.686 bits per heavy atom. The van der Waals surface area contributed by atoms with Gasteiger partial charge in [0.2, 0.25) is 0 Å². The molecular weight excluding hydrogens is 650 g/mol. The summed E-state index contributed by atoms with van der Waals surface area (Å²) in [6.07, 6.45) is 4.60. The average molecular weight is 693 g/mol. The lowest BCUT2D eigenvalue weighted by Crippen LogP contribution is -2.33. The largest absolute Gasteiger partial charge is 0.478 e. The summed E-state index contributed by atoms with van der Waals surface area (Å²) in [6, 6.07) is 25.8. The van der Waals surface area contributed by atoms with Crippen LogP contribution in [-0.4, -0.2) is 56.5 Å². The van der Waals surface area contributed by atoms with Gasteiger partial charge >= 0.3 is 5.97 Å². The summed E-state index contributed by atoms with van der Waals surface area (Å²) in [6.45, 7) is 4.78. The minimum absolute atomic E-state index is 0.0980. The number of rotatable bonds is 5. The standard InChI is InChI=1S/C21H20FNO2.C15H9FO2.C6H13NO/c22-20-6-2-1-5-18(20)10-7-16-8-11-19(12-9-16)21(24)23-14-17-4-3-13-25-15-17;16-14-4-2-1-3-12(14)8-5-11-6-9-13(10-7-11)15(17)18;7-4-6-2-1-3-8-5-6/h1-2,5-6,8-9,11-12,17H,3-4,13-15H2,(H,23,24);1-4,6-7,9-10H,(H,17,18);6H,1-5,7H2. The second-order valence-electron chi connectivity index (χ2n) is 12.0. The van der Waals surface area contributed by atoms with E-state index in [0.29, 0.717) is 47.2 Å². The Kier molecular flexibility index (Phi) is 15.9. The molecule has 2 atom stereocenters. The Balaban J connectivity index is 0.000000194. The highest BCUT2D eigenvalue weighted by molar-refractivity contribution is 5.94. The maximum absolute atomic E-state index is 13.5. The SMILES string of the molecule is NCC1CCCOC1.O=C(NCC1CCCOC1)c1ccc(C#Cc2ccccc2F)cc1.O=C(O)c1ccc(C#Cc2ccccc2F)cc1. The van der Waals surface area contributed by atoms with E-state index < -0.39 is 5.97 Å². The third kappa shape index (κ3) is 13.5. The van der Waals surface area contributed by atoms with Crippen molar-refractivity contribution < 1.29 is 33.0 Å². The molecule has 4 N–H and O–H groups in total. The molecular formula is C42H42F2N2O5. The number of nitrogens with two attached hydrogens (primary N) is 1. The molecule has 0 bridgehead atoms. The summed E-state index contributed by atoms with van der Waals surface area (Å²) in [5.41, 5.74) is 8.27. The molecule has 1 amide bonds. The van der Waals surface area contributed by atoms with Crippen LogP contribution in [0, 0.1) is 47.2 Å². The number of amides is 1. The van der Waals surface area contributed by atoms with Gasteiger partial charge in [-0.15, -0.1) is 0 Å². The quantitative estimate of drug-likeness (QED) is 0.202. The van der Waals surface area contributed by atoms with Gasteiger partial charge in [-0.25, -0.2) is 13.6 Å². The van der Waals surface area contributed by atoms with Crippen LogP contribution in [-0.2, 0) is 9.47 Å². The first-order valence-corrected chi connectivity index (χ1v) is 16.9. The van der Waals surface area contributed by atoms with E-state index in [2.05, 4.69) is 29.0 Å². The van der Waals surface area contributed by atoms with Crippen LogP contribution < -0.4 is 11.1 Å². The molecule has 2 saturated heterocycles. The number of aromatic carboxylic acids is 1. The number of hydrogen-bond donors (Lipinski definition) is 3. The fourth-order valence-corrected chi connectivity index (χ4v) is 5.11. The number of carboxylic acids is 1. The third-order valence-electron chi connectivity index (χ3n) is 8.10. The molecule has 2 aliphatic heterocycles. The first kappa shape index (κ1) is 38.5. The van der Waals surface area contributed by atoms with Gasteiger partial charge in [0.15, 0.2) is 0 Å². The van der Waals surface area contributed by atoms with E-state index in [1.807, 2.05) is 0 Å². The molecule has 51 heavy (non-hydrogen) atoms. The second kappa shape index (κ2) is 21.0. The molecule has 0 saturated carbocycles. The van der Waals surface area contributed by atoms with Crippen LogP contribution in [0.4, 0.5) is 8.78 Å². The van der Waals surface area contributed by atoms with E-state index in [4.69, 9.17) is 20.3 Å². The van der Waals surface area contributed by atoms with Gasteiger partial charge in [-0.2, -0.15) is 0 Å². The van der Waals surface area contributed by atoms with Crippen molar-refractivity contribution in [1.82, 2.24) is 5.32 Å². The Hall–Kier alpha value is -5.32. The van der Waals surface area contributed by atoms with Crippen molar-refractivity contribution in [3.63, 3.8) is 0 Å². The van der Waals surface area contributed by atoms with E-state index in [9.17, 15) is 18.4 Å². The maximum Gasteiger partial charge on any atom is 0.335 e. The Labute approximate surface area is 298 Å². The zero-order chi connectivity index (χ0) is 36.3. The fraction of sp³-hybridized carbons (Fsp3) is 0.286. The first-order chi connectivity index (χ1) is 24.8. The van der Waals surface area contributed by atoms with Crippen molar-refractivity contribution in [3.8, 4) is 23.7 Å². The molecule has 4 aromatic carbocycles. The molecule has 0 spiro atoms.